The van der Waals surface area contributed by atoms with Crippen molar-refractivity contribution in [2.45, 2.75) is 11.4 Å². The van der Waals surface area contributed by atoms with E-state index in [9.17, 15) is 13.2 Å². The number of sulfonamides is 1. The average molecular weight is 321 g/mol. The zero-order chi connectivity index (χ0) is 16.2. The lowest BCUT2D eigenvalue weighted by Gasteiger charge is -2.10. The Labute approximate surface area is 128 Å². The number of benzene rings is 2. The smallest absolute Gasteiger partial charge is 0.335 e. The van der Waals surface area contributed by atoms with Crippen molar-refractivity contribution < 1.29 is 23.1 Å². The zero-order valence-electron chi connectivity index (χ0n) is 11.8. The number of ether oxygens (including phenoxy) is 1. The van der Waals surface area contributed by atoms with Crippen LogP contribution < -0.4 is 9.46 Å². The van der Waals surface area contributed by atoms with E-state index in [2.05, 4.69) is 4.72 Å². The predicted molar refractivity (Wildman–Crippen MR) is 80.4 cm³/mol. The Morgan fingerprint density at radius 3 is 2.36 bits per heavy atom. The van der Waals surface area contributed by atoms with Gasteiger partial charge in [-0.3, -0.25) is 0 Å². The van der Waals surface area contributed by atoms with Gasteiger partial charge in [-0.05, 0) is 29.8 Å². The number of hydrogen-bond donors (Lipinski definition) is 2. The normalized spacial score (nSPS) is 11.1. The number of carboxylic acids is 1. The highest BCUT2D eigenvalue weighted by molar-refractivity contribution is 7.89. The molecule has 2 N–H and O–H groups in total. The summed E-state index contributed by atoms with van der Waals surface area (Å²) in [5.74, 6) is -0.766. The zero-order valence-corrected chi connectivity index (χ0v) is 12.6. The molecular weight excluding hydrogens is 306 g/mol. The highest BCUT2D eigenvalue weighted by Crippen LogP contribution is 2.22. The fourth-order valence-corrected chi connectivity index (χ4v) is 3.05. The van der Waals surface area contributed by atoms with Gasteiger partial charge in [0.15, 0.2) is 0 Å². The van der Waals surface area contributed by atoms with E-state index in [0.717, 1.165) is 0 Å². The lowest BCUT2D eigenvalue weighted by atomic mass is 10.1. The van der Waals surface area contributed by atoms with Crippen LogP contribution in [0.15, 0.2) is 53.4 Å². The van der Waals surface area contributed by atoms with Crippen LogP contribution >= 0.6 is 0 Å². The van der Waals surface area contributed by atoms with Crippen LogP contribution in [0.1, 0.15) is 15.9 Å². The maximum Gasteiger partial charge on any atom is 0.335 e. The largest absolute Gasteiger partial charge is 0.495 e. The van der Waals surface area contributed by atoms with E-state index in [-0.39, 0.29) is 22.8 Å². The Kier molecular flexibility index (Phi) is 4.79. The van der Waals surface area contributed by atoms with Crippen LogP contribution in [0.3, 0.4) is 0 Å². The summed E-state index contributed by atoms with van der Waals surface area (Å²) in [7, 11) is -2.32. The standard InChI is InChI=1S/C15H15NO5S/c1-21-13-4-2-3-5-14(13)22(19,20)16-10-11-6-8-12(9-7-11)15(17)18/h2-9,16H,10H2,1H3,(H,17,18). The van der Waals surface area contributed by atoms with Crippen LogP contribution in [0.2, 0.25) is 0 Å². The van der Waals surface area contributed by atoms with Gasteiger partial charge in [-0.15, -0.1) is 0 Å². The summed E-state index contributed by atoms with van der Waals surface area (Å²) < 4.78 is 32.1. The maximum atomic E-state index is 12.3. The molecule has 6 nitrogen and oxygen atoms in total. The Hall–Kier alpha value is -2.38. The van der Waals surface area contributed by atoms with Gasteiger partial charge in [-0.2, -0.15) is 0 Å². The first kappa shape index (κ1) is 16.0. The van der Waals surface area contributed by atoms with E-state index in [1.807, 2.05) is 0 Å². The van der Waals surface area contributed by atoms with Crippen LogP contribution in [0.4, 0.5) is 0 Å². The van der Waals surface area contributed by atoms with Gasteiger partial charge in [-0.1, -0.05) is 24.3 Å². The Morgan fingerprint density at radius 2 is 1.77 bits per heavy atom. The Balaban J connectivity index is 2.14. The van der Waals surface area contributed by atoms with E-state index in [1.54, 1.807) is 30.3 Å². The number of rotatable bonds is 6. The molecule has 0 saturated carbocycles. The summed E-state index contributed by atoms with van der Waals surface area (Å²) in [5, 5.41) is 8.82. The molecule has 2 rings (SSSR count). The van der Waals surface area contributed by atoms with Crippen molar-refractivity contribution in [3.63, 3.8) is 0 Å². The first-order chi connectivity index (χ1) is 10.4. The van der Waals surface area contributed by atoms with E-state index in [4.69, 9.17) is 9.84 Å². The minimum atomic E-state index is -3.72. The second kappa shape index (κ2) is 6.59. The van der Waals surface area contributed by atoms with Crippen molar-refractivity contribution in [2.24, 2.45) is 0 Å². The van der Waals surface area contributed by atoms with Crippen molar-refractivity contribution in [1.29, 1.82) is 0 Å². The number of hydrogen-bond acceptors (Lipinski definition) is 4. The van der Waals surface area contributed by atoms with Crippen molar-refractivity contribution in [2.75, 3.05) is 7.11 Å². The highest BCUT2D eigenvalue weighted by atomic mass is 32.2. The van der Waals surface area contributed by atoms with Crippen LogP contribution in [0.5, 0.6) is 5.75 Å². The molecule has 0 radical (unpaired) electrons. The third-order valence-electron chi connectivity index (χ3n) is 3.03. The number of nitrogens with one attached hydrogen (secondary N) is 1. The summed E-state index contributed by atoms with van der Waals surface area (Å²) in [6, 6.07) is 12.3. The van der Waals surface area contributed by atoms with Crippen LogP contribution in [0.25, 0.3) is 0 Å². The van der Waals surface area contributed by atoms with E-state index in [1.165, 1.54) is 25.3 Å². The van der Waals surface area contributed by atoms with Crippen LogP contribution in [-0.2, 0) is 16.6 Å². The van der Waals surface area contributed by atoms with Gasteiger partial charge in [0.1, 0.15) is 10.6 Å². The second-order valence-electron chi connectivity index (χ2n) is 4.48. The summed E-state index contributed by atoms with van der Waals surface area (Å²) in [6.07, 6.45) is 0. The minimum absolute atomic E-state index is 0.0552. The van der Waals surface area contributed by atoms with E-state index >= 15 is 0 Å². The van der Waals surface area contributed by atoms with Gasteiger partial charge in [0, 0.05) is 6.54 Å². The monoisotopic (exact) mass is 321 g/mol. The number of para-hydroxylation sites is 1. The van der Waals surface area contributed by atoms with Crippen molar-refractivity contribution in [3.05, 3.63) is 59.7 Å². The van der Waals surface area contributed by atoms with Crippen molar-refractivity contribution in [1.82, 2.24) is 4.72 Å². The fraction of sp³-hybridized carbons (Fsp3) is 0.133. The molecule has 2 aromatic rings. The quantitative estimate of drug-likeness (QED) is 0.847. The summed E-state index contributed by atoms with van der Waals surface area (Å²) in [4.78, 5) is 10.8. The molecular formula is C15H15NO5S. The van der Waals surface area contributed by atoms with Crippen molar-refractivity contribution >= 4 is 16.0 Å². The Bertz CT molecular complexity index is 769. The Morgan fingerprint density at radius 1 is 1.14 bits per heavy atom. The van der Waals surface area contributed by atoms with Crippen LogP contribution in [0, 0.1) is 0 Å². The fourth-order valence-electron chi connectivity index (χ4n) is 1.86. The number of carbonyl (C=O) groups is 1. The SMILES string of the molecule is COc1ccccc1S(=O)(=O)NCc1ccc(C(=O)O)cc1. The third kappa shape index (κ3) is 3.63. The minimum Gasteiger partial charge on any atom is -0.495 e. The molecule has 7 heteroatoms. The van der Waals surface area contributed by atoms with Gasteiger partial charge in [0.25, 0.3) is 0 Å². The molecule has 0 unspecified atom stereocenters. The van der Waals surface area contributed by atoms with Crippen molar-refractivity contribution in [3.8, 4) is 5.75 Å². The molecule has 0 spiro atoms. The predicted octanol–water partition coefficient (Wildman–Crippen LogP) is 1.87. The van der Waals surface area contributed by atoms with Crippen LogP contribution in [-0.4, -0.2) is 26.6 Å². The molecule has 0 aliphatic rings. The highest BCUT2D eigenvalue weighted by Gasteiger charge is 2.18. The molecule has 0 aromatic heterocycles. The molecule has 0 amide bonds. The summed E-state index contributed by atoms with van der Waals surface area (Å²) >= 11 is 0. The maximum absolute atomic E-state index is 12.3. The molecule has 0 atom stereocenters. The molecule has 0 heterocycles. The molecule has 0 bridgehead atoms. The van der Waals surface area contributed by atoms with Gasteiger partial charge in [0.2, 0.25) is 10.0 Å². The molecule has 0 saturated heterocycles. The topological polar surface area (TPSA) is 92.7 Å². The molecule has 0 aliphatic heterocycles. The third-order valence-corrected chi connectivity index (χ3v) is 4.47. The first-order valence-corrected chi connectivity index (χ1v) is 7.87. The first-order valence-electron chi connectivity index (χ1n) is 6.39. The summed E-state index contributed by atoms with van der Waals surface area (Å²) in [5.41, 5.74) is 0.805. The van der Waals surface area contributed by atoms with Gasteiger partial charge in [0.05, 0.1) is 12.7 Å². The molecule has 0 fully saturated rings. The molecule has 0 aliphatic carbocycles. The number of carboxylic acid groups (broad SMARTS) is 1. The lowest BCUT2D eigenvalue weighted by Crippen LogP contribution is -2.23. The lowest BCUT2D eigenvalue weighted by molar-refractivity contribution is 0.0697. The second-order valence-corrected chi connectivity index (χ2v) is 6.21. The molecule has 22 heavy (non-hydrogen) atoms. The van der Waals surface area contributed by atoms with Gasteiger partial charge >= 0.3 is 5.97 Å². The van der Waals surface area contributed by atoms with E-state index < -0.39 is 16.0 Å². The number of aromatic carboxylic acids is 1. The molecule has 116 valence electrons. The van der Waals surface area contributed by atoms with E-state index in [0.29, 0.717) is 5.56 Å². The average Bonchev–Trinajstić information content (AvgIpc) is 2.53. The number of methoxy groups -OCH3 is 1. The molecule has 2 aromatic carbocycles. The van der Waals surface area contributed by atoms with Gasteiger partial charge < -0.3 is 9.84 Å². The summed E-state index contributed by atoms with van der Waals surface area (Å²) in [6.45, 7) is 0.0558. The van der Waals surface area contributed by atoms with Gasteiger partial charge in [-0.25, -0.2) is 17.9 Å².